The summed E-state index contributed by atoms with van der Waals surface area (Å²) in [6.07, 6.45) is 3.94. The molecule has 1 aromatic heterocycles. The monoisotopic (exact) mass is 312 g/mol. The highest BCUT2D eigenvalue weighted by atomic mass is 35.5. The Balaban J connectivity index is 1.69. The molecule has 0 bridgehead atoms. The van der Waals surface area contributed by atoms with Crippen LogP contribution in [0.15, 0.2) is 36.7 Å². The molecule has 0 spiro atoms. The number of hydrogen-bond donors (Lipinski definition) is 2. The quantitative estimate of drug-likeness (QED) is 0.859. The van der Waals surface area contributed by atoms with Crippen molar-refractivity contribution in [3.8, 4) is 5.75 Å². The number of H-pyrrole nitrogens is 1. The maximum atomic E-state index is 11.6. The summed E-state index contributed by atoms with van der Waals surface area (Å²) in [6.45, 7) is 0.798. The number of amides is 1. The first-order valence-electron chi connectivity index (χ1n) is 6.11. The van der Waals surface area contributed by atoms with Crippen LogP contribution in [0.2, 0.25) is 10.0 Å². The molecule has 0 fully saturated rings. The first-order valence-corrected chi connectivity index (χ1v) is 6.87. The number of benzene rings is 1. The number of nitrogens with one attached hydrogen (secondary N) is 2. The summed E-state index contributed by atoms with van der Waals surface area (Å²) >= 11 is 11.7. The Hall–Kier alpha value is -1.65. The summed E-state index contributed by atoms with van der Waals surface area (Å²) in [5, 5.41) is 3.71. The van der Waals surface area contributed by atoms with Crippen molar-refractivity contribution in [2.45, 2.75) is 13.0 Å². The Kier molecular flexibility index (Phi) is 5.32. The Morgan fingerprint density at radius 1 is 1.25 bits per heavy atom. The molecule has 0 aliphatic rings. The number of carbonyl (C=O) groups is 1. The molecular formula is C14H14Cl2N2O2. The molecular weight excluding hydrogens is 299 g/mol. The van der Waals surface area contributed by atoms with Gasteiger partial charge in [0.15, 0.2) is 0 Å². The summed E-state index contributed by atoms with van der Waals surface area (Å²) in [4.78, 5) is 14.5. The van der Waals surface area contributed by atoms with E-state index < -0.39 is 0 Å². The van der Waals surface area contributed by atoms with Crippen LogP contribution in [0.3, 0.4) is 0 Å². The SMILES string of the molecule is O=C(CCOc1ccc(Cl)c(Cl)c1)NCc1cc[nH]c1. The molecule has 0 unspecified atom stereocenters. The first-order chi connectivity index (χ1) is 9.65. The van der Waals surface area contributed by atoms with Crippen LogP contribution < -0.4 is 10.1 Å². The van der Waals surface area contributed by atoms with E-state index in [1.54, 1.807) is 18.2 Å². The van der Waals surface area contributed by atoms with Gasteiger partial charge in [-0.3, -0.25) is 4.79 Å². The third-order valence-corrected chi connectivity index (χ3v) is 3.38. The molecule has 0 saturated heterocycles. The van der Waals surface area contributed by atoms with E-state index in [9.17, 15) is 4.79 Å². The van der Waals surface area contributed by atoms with Crippen LogP contribution in [0.25, 0.3) is 0 Å². The van der Waals surface area contributed by atoms with Crippen molar-refractivity contribution >= 4 is 29.1 Å². The number of halogens is 2. The van der Waals surface area contributed by atoms with Gasteiger partial charge >= 0.3 is 0 Å². The molecule has 0 saturated carbocycles. The highest BCUT2D eigenvalue weighted by Gasteiger charge is 2.04. The Morgan fingerprint density at radius 3 is 2.80 bits per heavy atom. The number of rotatable bonds is 6. The molecule has 4 nitrogen and oxygen atoms in total. The van der Waals surface area contributed by atoms with Crippen LogP contribution in [-0.2, 0) is 11.3 Å². The molecule has 1 amide bonds. The summed E-state index contributed by atoms with van der Waals surface area (Å²) < 4.78 is 5.44. The minimum absolute atomic E-state index is 0.0636. The number of hydrogen-bond acceptors (Lipinski definition) is 2. The predicted octanol–water partition coefficient (Wildman–Crippen LogP) is 3.41. The van der Waals surface area contributed by atoms with Gasteiger partial charge in [0.05, 0.1) is 23.1 Å². The lowest BCUT2D eigenvalue weighted by Gasteiger charge is -2.07. The molecule has 2 rings (SSSR count). The van der Waals surface area contributed by atoms with Crippen molar-refractivity contribution in [3.05, 3.63) is 52.3 Å². The largest absolute Gasteiger partial charge is 0.493 e. The fourth-order valence-electron chi connectivity index (χ4n) is 1.59. The van der Waals surface area contributed by atoms with Gasteiger partial charge in [-0.1, -0.05) is 23.2 Å². The summed E-state index contributed by atoms with van der Waals surface area (Å²) in [6, 6.07) is 6.91. The summed E-state index contributed by atoms with van der Waals surface area (Å²) in [7, 11) is 0. The van der Waals surface area contributed by atoms with Gasteiger partial charge < -0.3 is 15.0 Å². The van der Waals surface area contributed by atoms with Crippen molar-refractivity contribution in [3.63, 3.8) is 0 Å². The molecule has 1 heterocycles. The second-order valence-corrected chi connectivity index (χ2v) is 4.98. The molecule has 6 heteroatoms. The van der Waals surface area contributed by atoms with Crippen molar-refractivity contribution in [2.24, 2.45) is 0 Å². The molecule has 0 atom stereocenters. The Labute approximate surface area is 127 Å². The van der Waals surface area contributed by atoms with E-state index in [2.05, 4.69) is 10.3 Å². The van der Waals surface area contributed by atoms with Crippen molar-refractivity contribution in [1.82, 2.24) is 10.3 Å². The fraction of sp³-hybridized carbons (Fsp3) is 0.214. The average Bonchev–Trinajstić information content (AvgIpc) is 2.94. The van der Waals surface area contributed by atoms with Crippen LogP contribution >= 0.6 is 23.2 Å². The first kappa shape index (κ1) is 14.8. The minimum atomic E-state index is -0.0636. The Morgan fingerprint density at radius 2 is 2.10 bits per heavy atom. The van der Waals surface area contributed by atoms with Crippen molar-refractivity contribution in [1.29, 1.82) is 0 Å². The highest BCUT2D eigenvalue weighted by molar-refractivity contribution is 6.42. The zero-order chi connectivity index (χ0) is 14.4. The predicted molar refractivity (Wildman–Crippen MR) is 79.2 cm³/mol. The van der Waals surface area contributed by atoms with E-state index in [1.165, 1.54) is 0 Å². The zero-order valence-electron chi connectivity index (χ0n) is 10.7. The second kappa shape index (κ2) is 7.22. The molecule has 106 valence electrons. The molecule has 2 N–H and O–H groups in total. The van der Waals surface area contributed by atoms with E-state index in [1.807, 2.05) is 18.5 Å². The number of aromatic amines is 1. The van der Waals surface area contributed by atoms with E-state index >= 15 is 0 Å². The van der Waals surface area contributed by atoms with Crippen LogP contribution in [0.5, 0.6) is 5.75 Å². The van der Waals surface area contributed by atoms with Crippen LogP contribution in [0, 0.1) is 0 Å². The van der Waals surface area contributed by atoms with Crippen molar-refractivity contribution < 1.29 is 9.53 Å². The molecule has 20 heavy (non-hydrogen) atoms. The van der Waals surface area contributed by atoms with Crippen molar-refractivity contribution in [2.75, 3.05) is 6.61 Å². The van der Waals surface area contributed by atoms with Gasteiger partial charge in [-0.2, -0.15) is 0 Å². The number of ether oxygens (including phenoxy) is 1. The van der Waals surface area contributed by atoms with Gasteiger partial charge in [0.25, 0.3) is 0 Å². The lowest BCUT2D eigenvalue weighted by Crippen LogP contribution is -2.24. The summed E-state index contributed by atoms with van der Waals surface area (Å²) in [5.74, 6) is 0.532. The van der Waals surface area contributed by atoms with Crippen LogP contribution in [0.1, 0.15) is 12.0 Å². The molecule has 0 aliphatic carbocycles. The lowest BCUT2D eigenvalue weighted by molar-refractivity contribution is -0.121. The molecule has 2 aromatic rings. The zero-order valence-corrected chi connectivity index (χ0v) is 12.2. The van der Waals surface area contributed by atoms with Gasteiger partial charge in [0.2, 0.25) is 5.91 Å². The van der Waals surface area contributed by atoms with E-state index in [4.69, 9.17) is 27.9 Å². The Bertz CT molecular complexity index is 571. The second-order valence-electron chi connectivity index (χ2n) is 4.17. The van der Waals surface area contributed by atoms with Gasteiger partial charge in [-0.05, 0) is 23.8 Å². The van der Waals surface area contributed by atoms with Gasteiger partial charge in [-0.25, -0.2) is 0 Å². The maximum Gasteiger partial charge on any atom is 0.223 e. The molecule has 1 aromatic carbocycles. The van der Waals surface area contributed by atoms with E-state index in [-0.39, 0.29) is 18.9 Å². The molecule has 0 aliphatic heterocycles. The lowest BCUT2D eigenvalue weighted by atomic mass is 10.3. The van der Waals surface area contributed by atoms with E-state index in [0.29, 0.717) is 22.3 Å². The van der Waals surface area contributed by atoms with E-state index in [0.717, 1.165) is 5.56 Å². The third kappa shape index (κ3) is 4.47. The van der Waals surface area contributed by atoms with Gasteiger partial charge in [0.1, 0.15) is 5.75 Å². The fourth-order valence-corrected chi connectivity index (χ4v) is 1.87. The topological polar surface area (TPSA) is 54.1 Å². The molecule has 0 radical (unpaired) electrons. The van der Waals surface area contributed by atoms with Gasteiger partial charge in [-0.15, -0.1) is 0 Å². The minimum Gasteiger partial charge on any atom is -0.493 e. The van der Waals surface area contributed by atoms with Crippen LogP contribution in [-0.4, -0.2) is 17.5 Å². The standard InChI is InChI=1S/C14H14Cl2N2O2/c15-12-2-1-11(7-13(12)16)20-6-4-14(19)18-9-10-3-5-17-8-10/h1-3,5,7-8,17H,4,6,9H2,(H,18,19). The van der Waals surface area contributed by atoms with Gasteiger partial charge in [0, 0.05) is 25.0 Å². The summed E-state index contributed by atoms with van der Waals surface area (Å²) in [5.41, 5.74) is 1.03. The maximum absolute atomic E-state index is 11.6. The number of carbonyl (C=O) groups excluding carboxylic acids is 1. The highest BCUT2D eigenvalue weighted by Crippen LogP contribution is 2.26. The number of aromatic nitrogens is 1. The smallest absolute Gasteiger partial charge is 0.223 e. The third-order valence-electron chi connectivity index (χ3n) is 2.64. The average molecular weight is 313 g/mol. The van der Waals surface area contributed by atoms with Crippen LogP contribution in [0.4, 0.5) is 0 Å². The normalized spacial score (nSPS) is 10.3.